The molecular weight excluding hydrogens is 935 g/mol. The fourth-order valence-corrected chi connectivity index (χ4v) is 13.7. The Labute approximate surface area is 448 Å². The van der Waals surface area contributed by atoms with Crippen molar-refractivity contribution in [2.75, 3.05) is 4.90 Å². The molecule has 2 heterocycles. The molecule has 0 saturated heterocycles. The maximum absolute atomic E-state index is 6.68. The molecular formula is C74H47NO2. The number of anilines is 3. The van der Waals surface area contributed by atoms with Crippen LogP contribution in [0.4, 0.5) is 17.1 Å². The minimum Gasteiger partial charge on any atom is -0.457 e. The van der Waals surface area contributed by atoms with E-state index in [0.29, 0.717) is 0 Å². The quantitative estimate of drug-likeness (QED) is 0.166. The second-order valence-corrected chi connectivity index (χ2v) is 20.6. The fraction of sp³-hybridized carbons (Fsp3) is 0.0270. The minimum atomic E-state index is -0.563. The van der Waals surface area contributed by atoms with Crippen molar-refractivity contribution in [3.05, 3.63) is 330 Å². The van der Waals surface area contributed by atoms with Crippen LogP contribution < -0.4 is 14.4 Å². The molecule has 16 rings (SSSR count). The first-order valence-corrected chi connectivity index (χ1v) is 26.6. The molecule has 2 aliphatic heterocycles. The molecule has 2 spiro atoms. The maximum atomic E-state index is 6.68. The predicted molar refractivity (Wildman–Crippen MR) is 312 cm³/mol. The number of nitrogens with zero attached hydrogens (tertiary/aromatic N) is 1. The third kappa shape index (κ3) is 6.20. The molecule has 0 bridgehead atoms. The van der Waals surface area contributed by atoms with E-state index in [2.05, 4.69) is 290 Å². The first kappa shape index (κ1) is 43.4. The highest BCUT2D eigenvalue weighted by molar-refractivity contribution is 5.95. The van der Waals surface area contributed by atoms with Gasteiger partial charge in [-0.3, -0.25) is 0 Å². The van der Waals surface area contributed by atoms with E-state index >= 15 is 0 Å². The van der Waals surface area contributed by atoms with Crippen molar-refractivity contribution in [1.82, 2.24) is 0 Å². The molecule has 0 atom stereocenters. The monoisotopic (exact) mass is 981 g/mol. The van der Waals surface area contributed by atoms with Gasteiger partial charge in [-0.1, -0.05) is 218 Å². The van der Waals surface area contributed by atoms with Gasteiger partial charge in [0.25, 0.3) is 0 Å². The topological polar surface area (TPSA) is 21.7 Å². The van der Waals surface area contributed by atoms with Crippen molar-refractivity contribution in [3.8, 4) is 78.6 Å². The van der Waals surface area contributed by atoms with Crippen LogP contribution in [0.5, 0.6) is 23.0 Å². The van der Waals surface area contributed by atoms with E-state index < -0.39 is 10.8 Å². The largest absolute Gasteiger partial charge is 0.457 e. The van der Waals surface area contributed by atoms with E-state index in [1.807, 2.05) is 0 Å². The van der Waals surface area contributed by atoms with Crippen LogP contribution in [0, 0.1) is 0 Å². The second kappa shape index (κ2) is 16.8. The van der Waals surface area contributed by atoms with Crippen LogP contribution in [-0.2, 0) is 10.8 Å². The second-order valence-electron chi connectivity index (χ2n) is 20.6. The van der Waals surface area contributed by atoms with Gasteiger partial charge >= 0.3 is 0 Å². The van der Waals surface area contributed by atoms with Crippen LogP contribution in [0.3, 0.4) is 0 Å². The zero-order valence-electron chi connectivity index (χ0n) is 41.9. The van der Waals surface area contributed by atoms with Gasteiger partial charge in [0.2, 0.25) is 0 Å². The van der Waals surface area contributed by atoms with Gasteiger partial charge in [0, 0.05) is 39.2 Å². The number of benzene rings is 12. The van der Waals surface area contributed by atoms with Gasteiger partial charge < -0.3 is 14.4 Å². The highest BCUT2D eigenvalue weighted by Crippen LogP contribution is 2.64. The first-order chi connectivity index (χ1) is 38.2. The molecule has 3 heteroatoms. The number of hydrogen-bond donors (Lipinski definition) is 0. The van der Waals surface area contributed by atoms with Gasteiger partial charge in [0.05, 0.1) is 16.5 Å². The molecule has 12 aromatic carbocycles. The average molecular weight is 982 g/mol. The fourth-order valence-electron chi connectivity index (χ4n) is 13.7. The molecule has 0 radical (unpaired) electrons. The molecule has 360 valence electrons. The van der Waals surface area contributed by atoms with E-state index in [1.165, 1.54) is 55.6 Å². The average Bonchev–Trinajstić information content (AvgIpc) is 3.91. The van der Waals surface area contributed by atoms with Crippen LogP contribution in [0.15, 0.2) is 285 Å². The van der Waals surface area contributed by atoms with Crippen LogP contribution in [-0.4, -0.2) is 0 Å². The smallest absolute Gasteiger partial charge is 0.132 e. The summed E-state index contributed by atoms with van der Waals surface area (Å²) in [6, 6.07) is 104. The first-order valence-electron chi connectivity index (χ1n) is 26.6. The Kier molecular flexibility index (Phi) is 9.47. The van der Waals surface area contributed by atoms with Gasteiger partial charge in [-0.25, -0.2) is 0 Å². The number of ether oxygens (including phenoxy) is 2. The SMILES string of the molecule is c1ccc(-c2ccccc2N(c2cccc(-c3ccc4c(c3)-c3ccccc3C43c4ccccc4Oc4ccccc43)c2)c2cccc(-c3ccc4c(c3)C3(c5ccccc5Oc5ccccc53)c3ccccc3-4)c2)cc1. The Hall–Kier alpha value is -9.96. The van der Waals surface area contributed by atoms with Crippen LogP contribution >= 0.6 is 0 Å². The van der Waals surface area contributed by atoms with E-state index in [4.69, 9.17) is 9.47 Å². The minimum absolute atomic E-state index is 0.524. The molecule has 0 aromatic heterocycles. The number of para-hydroxylation sites is 5. The van der Waals surface area contributed by atoms with Crippen molar-refractivity contribution in [1.29, 1.82) is 0 Å². The maximum Gasteiger partial charge on any atom is 0.132 e. The Bertz CT molecular complexity index is 4290. The summed E-state index contributed by atoms with van der Waals surface area (Å²) in [5.41, 5.74) is 23.7. The third-order valence-electron chi connectivity index (χ3n) is 16.8. The lowest BCUT2D eigenvalue weighted by Gasteiger charge is -2.39. The Morgan fingerprint density at radius 3 is 1.16 bits per heavy atom. The third-order valence-corrected chi connectivity index (χ3v) is 16.8. The molecule has 0 fully saturated rings. The normalized spacial score (nSPS) is 13.9. The molecule has 4 aliphatic rings. The molecule has 2 aliphatic carbocycles. The zero-order valence-corrected chi connectivity index (χ0v) is 41.9. The number of fused-ring (bicyclic) bond motifs is 18. The molecule has 0 N–H and O–H groups in total. The molecule has 0 saturated carbocycles. The van der Waals surface area contributed by atoms with Gasteiger partial charge in [0.1, 0.15) is 23.0 Å². The standard InChI is InChI=1S/C74H47NO2/c1-2-20-48(21-3-1)55-26-6-13-35-68(55)75(53-24-18-22-49(44-53)51-41-43-62-59(46-51)57-28-5-8-30-61(57)73(62)63-31-9-14-36-69(63)76-70-37-15-10-32-64(70)73)54-25-19-23-50(45-54)52-40-42-58-56-27-4-7-29-60(56)74(67(58)47-52)65-33-11-16-38-71(65)77-72-39-17-12-34-66(72)74/h1-47H. The number of rotatable bonds is 6. The van der Waals surface area contributed by atoms with Gasteiger partial charge in [-0.15, -0.1) is 0 Å². The highest BCUT2D eigenvalue weighted by Gasteiger charge is 2.52. The summed E-state index contributed by atoms with van der Waals surface area (Å²) in [5.74, 6) is 3.57. The zero-order chi connectivity index (χ0) is 50.7. The van der Waals surface area contributed by atoms with E-state index in [0.717, 1.165) is 84.6 Å². The summed E-state index contributed by atoms with van der Waals surface area (Å²) < 4.78 is 13.3. The lowest BCUT2D eigenvalue weighted by Crippen LogP contribution is -2.32. The summed E-state index contributed by atoms with van der Waals surface area (Å²) >= 11 is 0. The lowest BCUT2D eigenvalue weighted by molar-refractivity contribution is 0.436. The van der Waals surface area contributed by atoms with Crippen molar-refractivity contribution < 1.29 is 9.47 Å². The van der Waals surface area contributed by atoms with Crippen molar-refractivity contribution >= 4 is 17.1 Å². The molecule has 77 heavy (non-hydrogen) atoms. The van der Waals surface area contributed by atoms with E-state index in [-0.39, 0.29) is 0 Å². The molecule has 3 nitrogen and oxygen atoms in total. The Morgan fingerprint density at radius 2 is 0.597 bits per heavy atom. The van der Waals surface area contributed by atoms with Crippen LogP contribution in [0.1, 0.15) is 44.5 Å². The summed E-state index contributed by atoms with van der Waals surface area (Å²) in [6.07, 6.45) is 0. The number of hydrogen-bond acceptors (Lipinski definition) is 3. The van der Waals surface area contributed by atoms with Crippen LogP contribution in [0.2, 0.25) is 0 Å². The summed E-state index contributed by atoms with van der Waals surface area (Å²) in [5, 5.41) is 0. The Balaban J connectivity index is 0.859. The molecule has 0 unspecified atom stereocenters. The van der Waals surface area contributed by atoms with Gasteiger partial charge in [-0.05, 0) is 139 Å². The van der Waals surface area contributed by atoms with E-state index in [1.54, 1.807) is 0 Å². The lowest BCUT2D eigenvalue weighted by atomic mass is 9.66. The summed E-state index contributed by atoms with van der Waals surface area (Å²) in [6.45, 7) is 0. The van der Waals surface area contributed by atoms with Crippen molar-refractivity contribution in [3.63, 3.8) is 0 Å². The van der Waals surface area contributed by atoms with Gasteiger partial charge in [0.15, 0.2) is 0 Å². The van der Waals surface area contributed by atoms with Crippen molar-refractivity contribution in [2.45, 2.75) is 10.8 Å². The molecule has 0 amide bonds. The van der Waals surface area contributed by atoms with Crippen LogP contribution in [0.25, 0.3) is 55.6 Å². The van der Waals surface area contributed by atoms with E-state index in [9.17, 15) is 0 Å². The summed E-state index contributed by atoms with van der Waals surface area (Å²) in [7, 11) is 0. The Morgan fingerprint density at radius 1 is 0.221 bits per heavy atom. The summed E-state index contributed by atoms with van der Waals surface area (Å²) in [4.78, 5) is 2.44. The predicted octanol–water partition coefficient (Wildman–Crippen LogP) is 19.1. The van der Waals surface area contributed by atoms with Crippen molar-refractivity contribution in [2.24, 2.45) is 0 Å². The highest BCUT2D eigenvalue weighted by atomic mass is 16.5. The van der Waals surface area contributed by atoms with Gasteiger partial charge in [-0.2, -0.15) is 0 Å². The molecule has 12 aromatic rings.